The molecule has 0 atom stereocenters. The summed E-state index contributed by atoms with van der Waals surface area (Å²) in [4.78, 5) is 0. The number of nitrogens with zero attached hydrogens (tertiary/aromatic N) is 2. The lowest BCUT2D eigenvalue weighted by atomic mass is 10.4. The Balaban J connectivity index is 2.91. The molecule has 2 aromatic heterocycles. The summed E-state index contributed by atoms with van der Waals surface area (Å²) in [6.45, 7) is 0. The topological polar surface area (TPSA) is 17.3 Å². The van der Waals surface area contributed by atoms with Gasteiger partial charge in [0.05, 0.1) is 16.7 Å². The average Bonchev–Trinajstić information content (AvgIpc) is 2.34. The van der Waals surface area contributed by atoms with Gasteiger partial charge in [0.2, 0.25) is 0 Å². The number of halogens is 2. The van der Waals surface area contributed by atoms with E-state index in [2.05, 4.69) is 21.0 Å². The molecule has 0 spiro atoms. The summed E-state index contributed by atoms with van der Waals surface area (Å²) in [5.74, 6) is 0. The van der Waals surface area contributed by atoms with Gasteiger partial charge in [-0.1, -0.05) is 11.6 Å². The second-order valence-electron chi connectivity index (χ2n) is 2.17. The van der Waals surface area contributed by atoms with Crippen molar-refractivity contribution in [2.75, 3.05) is 0 Å². The second kappa shape index (κ2) is 2.50. The molecule has 11 heavy (non-hydrogen) atoms. The fourth-order valence-electron chi connectivity index (χ4n) is 0.955. The third-order valence-corrected chi connectivity index (χ3v) is 2.16. The number of fused-ring (bicyclic) bond motifs is 1. The summed E-state index contributed by atoms with van der Waals surface area (Å²) < 4.78 is 2.66. The van der Waals surface area contributed by atoms with E-state index in [9.17, 15) is 0 Å². The highest BCUT2D eigenvalue weighted by Gasteiger charge is 1.99. The Morgan fingerprint density at radius 1 is 1.55 bits per heavy atom. The van der Waals surface area contributed by atoms with Crippen LogP contribution in [0.2, 0.25) is 5.02 Å². The maximum absolute atomic E-state index is 5.91. The number of rotatable bonds is 0. The highest BCUT2D eigenvalue weighted by atomic mass is 79.9. The van der Waals surface area contributed by atoms with Crippen LogP contribution >= 0.6 is 27.5 Å². The summed E-state index contributed by atoms with van der Waals surface area (Å²) in [6, 6.07) is 3.72. The molecule has 0 aliphatic heterocycles. The van der Waals surface area contributed by atoms with Crippen LogP contribution in [0, 0.1) is 0 Å². The molecule has 2 heterocycles. The summed E-state index contributed by atoms with van der Waals surface area (Å²) in [5.41, 5.74) is 0.926. The van der Waals surface area contributed by atoms with Gasteiger partial charge in [-0.2, -0.15) is 5.10 Å². The molecule has 2 rings (SSSR count). The Hall–Kier alpha value is -0.540. The van der Waals surface area contributed by atoms with E-state index in [1.165, 1.54) is 0 Å². The van der Waals surface area contributed by atoms with Gasteiger partial charge in [0, 0.05) is 10.7 Å². The molecular weight excluding hydrogens is 227 g/mol. The molecule has 2 aromatic rings. The molecule has 0 N–H and O–H groups in total. The zero-order valence-corrected chi connectivity index (χ0v) is 7.80. The van der Waals surface area contributed by atoms with Gasteiger partial charge in [0.1, 0.15) is 0 Å². The molecule has 0 saturated carbocycles. The van der Waals surface area contributed by atoms with Crippen LogP contribution in [-0.2, 0) is 0 Å². The molecule has 0 aliphatic rings. The first-order valence-electron chi connectivity index (χ1n) is 3.06. The number of hydrogen-bond acceptors (Lipinski definition) is 1. The Labute approximate surface area is 76.9 Å². The van der Waals surface area contributed by atoms with E-state index in [-0.39, 0.29) is 0 Å². The van der Waals surface area contributed by atoms with Crippen LogP contribution in [0.1, 0.15) is 0 Å². The molecule has 0 unspecified atom stereocenters. The average molecular weight is 231 g/mol. The highest BCUT2D eigenvalue weighted by Crippen LogP contribution is 2.21. The number of pyridine rings is 1. The fourth-order valence-corrected chi connectivity index (χ4v) is 1.78. The van der Waals surface area contributed by atoms with Crippen LogP contribution in [0.15, 0.2) is 29.0 Å². The van der Waals surface area contributed by atoms with Crippen molar-refractivity contribution < 1.29 is 0 Å². The van der Waals surface area contributed by atoms with Gasteiger partial charge in [0.25, 0.3) is 0 Å². The minimum Gasteiger partial charge on any atom is -0.238 e. The van der Waals surface area contributed by atoms with Gasteiger partial charge >= 0.3 is 0 Å². The van der Waals surface area contributed by atoms with Gasteiger partial charge in [-0.3, -0.25) is 0 Å². The number of hydrogen-bond donors (Lipinski definition) is 0. The first-order chi connectivity index (χ1) is 5.27. The predicted molar refractivity (Wildman–Crippen MR) is 47.9 cm³/mol. The monoisotopic (exact) mass is 230 g/mol. The smallest absolute Gasteiger partial charge is 0.0848 e. The summed E-state index contributed by atoms with van der Waals surface area (Å²) in [6.07, 6.45) is 3.58. The number of aromatic nitrogens is 2. The molecule has 2 nitrogen and oxygen atoms in total. The minimum atomic E-state index is 0.705. The van der Waals surface area contributed by atoms with Crippen LogP contribution in [0.3, 0.4) is 0 Å². The largest absolute Gasteiger partial charge is 0.238 e. The van der Waals surface area contributed by atoms with Gasteiger partial charge in [-0.15, -0.1) is 0 Å². The second-order valence-corrected chi connectivity index (χ2v) is 3.49. The Morgan fingerprint density at radius 3 is 3.18 bits per heavy atom. The zero-order chi connectivity index (χ0) is 7.84. The van der Waals surface area contributed by atoms with Crippen LogP contribution in [0.25, 0.3) is 5.52 Å². The summed E-state index contributed by atoms with van der Waals surface area (Å²) in [7, 11) is 0. The first-order valence-corrected chi connectivity index (χ1v) is 4.23. The van der Waals surface area contributed by atoms with E-state index in [1.807, 2.05) is 18.3 Å². The van der Waals surface area contributed by atoms with Crippen molar-refractivity contribution in [3.63, 3.8) is 0 Å². The van der Waals surface area contributed by atoms with E-state index in [0.717, 1.165) is 9.99 Å². The van der Waals surface area contributed by atoms with Crippen molar-refractivity contribution in [1.82, 2.24) is 9.61 Å². The summed E-state index contributed by atoms with van der Waals surface area (Å²) >= 11 is 9.24. The van der Waals surface area contributed by atoms with Gasteiger partial charge in [-0.25, -0.2) is 4.52 Å². The van der Waals surface area contributed by atoms with Crippen molar-refractivity contribution in [2.24, 2.45) is 0 Å². The third-order valence-electron chi connectivity index (χ3n) is 1.43. The lowest BCUT2D eigenvalue weighted by Gasteiger charge is -1.96. The lowest BCUT2D eigenvalue weighted by molar-refractivity contribution is 0.956. The molecule has 0 saturated heterocycles. The Bertz CT molecular complexity index is 396. The van der Waals surface area contributed by atoms with Crippen molar-refractivity contribution >= 4 is 33.0 Å². The van der Waals surface area contributed by atoms with Crippen molar-refractivity contribution in [3.8, 4) is 0 Å². The fraction of sp³-hybridized carbons (Fsp3) is 0. The standard InChI is InChI=1S/C7H4BrClN2/c8-5-3-6(9)7-1-2-10-11(7)4-5/h1-4H. The first kappa shape index (κ1) is 7.13. The van der Waals surface area contributed by atoms with E-state index in [0.29, 0.717) is 5.02 Å². The predicted octanol–water partition coefficient (Wildman–Crippen LogP) is 2.75. The van der Waals surface area contributed by atoms with Crippen molar-refractivity contribution in [3.05, 3.63) is 34.0 Å². The third kappa shape index (κ3) is 1.14. The van der Waals surface area contributed by atoms with E-state index < -0.39 is 0 Å². The maximum atomic E-state index is 5.91. The van der Waals surface area contributed by atoms with E-state index in [1.54, 1.807) is 10.7 Å². The quantitative estimate of drug-likeness (QED) is 0.681. The van der Waals surface area contributed by atoms with Gasteiger partial charge in [-0.05, 0) is 28.1 Å². The van der Waals surface area contributed by atoms with Gasteiger partial charge in [0.15, 0.2) is 0 Å². The minimum absolute atomic E-state index is 0.705. The molecule has 56 valence electrons. The summed E-state index contributed by atoms with van der Waals surface area (Å²) in [5, 5.41) is 4.75. The highest BCUT2D eigenvalue weighted by molar-refractivity contribution is 9.10. The van der Waals surface area contributed by atoms with Crippen molar-refractivity contribution in [1.29, 1.82) is 0 Å². The van der Waals surface area contributed by atoms with Crippen LogP contribution < -0.4 is 0 Å². The van der Waals surface area contributed by atoms with Crippen LogP contribution in [0.4, 0.5) is 0 Å². The van der Waals surface area contributed by atoms with Crippen molar-refractivity contribution in [2.45, 2.75) is 0 Å². The molecule has 0 aromatic carbocycles. The molecule has 4 heteroatoms. The maximum Gasteiger partial charge on any atom is 0.0848 e. The molecule has 0 fully saturated rings. The Kier molecular flexibility index (Phi) is 1.62. The van der Waals surface area contributed by atoms with Crippen LogP contribution in [0.5, 0.6) is 0 Å². The zero-order valence-electron chi connectivity index (χ0n) is 5.46. The molecular formula is C7H4BrClN2. The molecule has 0 amide bonds. The molecule has 0 aliphatic carbocycles. The Morgan fingerprint density at radius 2 is 2.36 bits per heavy atom. The lowest BCUT2D eigenvalue weighted by Crippen LogP contribution is -1.85. The molecule has 0 radical (unpaired) electrons. The SMILES string of the molecule is Clc1cc(Br)cn2nccc12. The van der Waals surface area contributed by atoms with Gasteiger partial charge < -0.3 is 0 Å². The van der Waals surface area contributed by atoms with E-state index in [4.69, 9.17) is 11.6 Å². The molecule has 0 bridgehead atoms. The van der Waals surface area contributed by atoms with Crippen LogP contribution in [-0.4, -0.2) is 9.61 Å². The van der Waals surface area contributed by atoms with E-state index >= 15 is 0 Å². The normalized spacial score (nSPS) is 10.7.